The van der Waals surface area contributed by atoms with Crippen molar-refractivity contribution in [3.63, 3.8) is 0 Å². The Labute approximate surface area is 119 Å². The van der Waals surface area contributed by atoms with E-state index in [4.69, 9.17) is 0 Å². The molecule has 3 aromatic rings. The Morgan fingerprint density at radius 2 is 1.95 bits per heavy atom. The molecule has 0 unspecified atom stereocenters. The quantitative estimate of drug-likeness (QED) is 0.785. The molecule has 0 aliphatic carbocycles. The predicted octanol–water partition coefficient (Wildman–Crippen LogP) is 2.36. The van der Waals surface area contributed by atoms with Gasteiger partial charge in [0.1, 0.15) is 6.33 Å². The zero-order chi connectivity index (χ0) is 14.3. The highest BCUT2D eigenvalue weighted by Gasteiger charge is 2.15. The van der Waals surface area contributed by atoms with Crippen LogP contribution in [0, 0.1) is 20.8 Å². The number of nitrogens with zero attached hydrogens (tertiary/aromatic N) is 4. The lowest BCUT2D eigenvalue weighted by Crippen LogP contribution is -2.14. The topological polar surface area (TPSA) is 72.2 Å². The number of aromatic nitrogens is 4. The molecule has 1 N–H and O–H groups in total. The van der Waals surface area contributed by atoms with Crippen molar-refractivity contribution in [3.05, 3.63) is 40.2 Å². The van der Waals surface area contributed by atoms with Crippen molar-refractivity contribution in [3.8, 4) is 0 Å². The maximum atomic E-state index is 12.2. The van der Waals surface area contributed by atoms with Gasteiger partial charge in [-0.1, -0.05) is 29.0 Å². The Hall–Kier alpha value is -2.28. The highest BCUT2D eigenvalue weighted by atomic mass is 32.1. The zero-order valence-corrected chi connectivity index (χ0v) is 12.2. The smallest absolute Gasteiger partial charge is 0.286 e. The molecule has 0 radical (unpaired) electrons. The Balaban J connectivity index is 1.91. The molecule has 6 nitrogen and oxygen atoms in total. The second-order valence-electron chi connectivity index (χ2n) is 4.69. The average molecular weight is 287 g/mol. The third kappa shape index (κ3) is 2.16. The summed E-state index contributed by atoms with van der Waals surface area (Å²) in [5.41, 5.74) is 4.10. The highest BCUT2D eigenvalue weighted by Crippen LogP contribution is 2.23. The fourth-order valence-corrected chi connectivity index (χ4v) is 2.91. The molecular weight excluding hydrogens is 274 g/mol. The number of anilines is 1. The molecule has 20 heavy (non-hydrogen) atoms. The average Bonchev–Trinajstić information content (AvgIpc) is 2.93. The van der Waals surface area contributed by atoms with E-state index in [0.717, 1.165) is 16.8 Å². The number of carbonyl (C=O) groups is 1. The van der Waals surface area contributed by atoms with Crippen molar-refractivity contribution in [2.45, 2.75) is 20.8 Å². The minimum atomic E-state index is -0.226. The number of aryl methyl sites for hydroxylation is 3. The lowest BCUT2D eigenvalue weighted by molar-refractivity contribution is 0.102. The number of carbonyl (C=O) groups excluding carboxylic acids is 1. The van der Waals surface area contributed by atoms with Gasteiger partial charge in [-0.25, -0.2) is 0 Å². The first kappa shape index (κ1) is 12.7. The number of fused-ring (bicyclic) bond motifs is 1. The molecule has 0 aliphatic heterocycles. The summed E-state index contributed by atoms with van der Waals surface area (Å²) in [7, 11) is 0. The minimum absolute atomic E-state index is 0.226. The lowest BCUT2D eigenvalue weighted by Gasteiger charge is -2.11. The fourth-order valence-electron chi connectivity index (χ4n) is 2.20. The molecule has 0 saturated carbocycles. The summed E-state index contributed by atoms with van der Waals surface area (Å²) in [5, 5.41) is 15.0. The molecule has 0 aliphatic rings. The zero-order valence-electron chi connectivity index (χ0n) is 11.3. The molecule has 3 rings (SSSR count). The molecule has 102 valence electrons. The summed E-state index contributed by atoms with van der Waals surface area (Å²) in [6.45, 7) is 6.00. The van der Waals surface area contributed by atoms with Crippen LogP contribution in [0.1, 0.15) is 26.5 Å². The number of benzene rings is 1. The third-order valence-electron chi connectivity index (χ3n) is 3.00. The van der Waals surface area contributed by atoms with Gasteiger partial charge >= 0.3 is 0 Å². The fraction of sp³-hybridized carbons (Fsp3) is 0.231. The van der Waals surface area contributed by atoms with Gasteiger partial charge in [-0.3, -0.25) is 4.79 Å². The molecule has 1 amide bonds. The highest BCUT2D eigenvalue weighted by molar-refractivity contribution is 7.18. The predicted molar refractivity (Wildman–Crippen MR) is 77.3 cm³/mol. The second-order valence-corrected chi connectivity index (χ2v) is 5.65. The normalized spacial score (nSPS) is 10.9. The molecule has 2 aromatic heterocycles. The van der Waals surface area contributed by atoms with E-state index >= 15 is 0 Å². The third-order valence-corrected chi connectivity index (χ3v) is 3.91. The molecule has 0 saturated heterocycles. The van der Waals surface area contributed by atoms with Crippen molar-refractivity contribution >= 4 is 27.9 Å². The lowest BCUT2D eigenvalue weighted by atomic mass is 10.1. The summed E-state index contributed by atoms with van der Waals surface area (Å²) < 4.78 is 1.49. The molecule has 0 spiro atoms. The van der Waals surface area contributed by atoms with Gasteiger partial charge in [0.2, 0.25) is 9.97 Å². The number of amides is 1. The van der Waals surface area contributed by atoms with Crippen molar-refractivity contribution in [1.82, 2.24) is 19.8 Å². The summed E-state index contributed by atoms with van der Waals surface area (Å²) in [4.78, 5) is 12.9. The number of rotatable bonds is 2. The van der Waals surface area contributed by atoms with Crippen molar-refractivity contribution in [1.29, 1.82) is 0 Å². The van der Waals surface area contributed by atoms with Crippen LogP contribution in [0.3, 0.4) is 0 Å². The van der Waals surface area contributed by atoms with Crippen LogP contribution in [0.25, 0.3) is 4.96 Å². The first-order chi connectivity index (χ1) is 9.54. The summed E-state index contributed by atoms with van der Waals surface area (Å²) in [6.07, 6.45) is 1.48. The molecule has 1 aromatic carbocycles. The molecule has 0 fully saturated rings. The van der Waals surface area contributed by atoms with E-state index in [2.05, 4.69) is 20.6 Å². The molecular formula is C13H13N5OS. The van der Waals surface area contributed by atoms with Crippen LogP contribution in [0.5, 0.6) is 0 Å². The van der Waals surface area contributed by atoms with Gasteiger partial charge in [-0.15, -0.1) is 15.3 Å². The Bertz CT molecular complexity index is 753. The number of hydrogen-bond acceptors (Lipinski definition) is 5. The summed E-state index contributed by atoms with van der Waals surface area (Å²) >= 11 is 1.21. The van der Waals surface area contributed by atoms with Crippen molar-refractivity contribution < 1.29 is 4.79 Å². The maximum absolute atomic E-state index is 12.2. The van der Waals surface area contributed by atoms with Crippen LogP contribution in [0.2, 0.25) is 0 Å². The minimum Gasteiger partial charge on any atom is -0.319 e. The monoisotopic (exact) mass is 287 g/mol. The Kier molecular flexibility index (Phi) is 2.98. The Morgan fingerprint density at radius 3 is 2.60 bits per heavy atom. The van der Waals surface area contributed by atoms with Gasteiger partial charge in [-0.2, -0.15) is 4.52 Å². The Morgan fingerprint density at radius 1 is 1.25 bits per heavy atom. The molecule has 7 heteroatoms. The second kappa shape index (κ2) is 4.68. The summed E-state index contributed by atoms with van der Waals surface area (Å²) in [5.74, 6) is -0.226. The van der Waals surface area contributed by atoms with E-state index in [-0.39, 0.29) is 5.91 Å². The molecule has 0 bridgehead atoms. The van der Waals surface area contributed by atoms with Gasteiger partial charge in [0.15, 0.2) is 0 Å². The van der Waals surface area contributed by atoms with E-state index < -0.39 is 0 Å². The van der Waals surface area contributed by atoms with Crippen LogP contribution in [0.4, 0.5) is 5.69 Å². The van der Waals surface area contributed by atoms with Crippen molar-refractivity contribution in [2.75, 3.05) is 5.32 Å². The van der Waals surface area contributed by atoms with Gasteiger partial charge in [-0.05, 0) is 31.9 Å². The SMILES string of the molecule is Cc1cc(C)c(NC(=O)c2nn3cnnc3s2)c(C)c1. The first-order valence-electron chi connectivity index (χ1n) is 6.10. The van der Waals surface area contributed by atoms with Crippen LogP contribution in [-0.2, 0) is 0 Å². The van der Waals surface area contributed by atoms with Crippen LogP contribution >= 0.6 is 11.3 Å². The number of nitrogens with one attached hydrogen (secondary N) is 1. The molecule has 2 heterocycles. The van der Waals surface area contributed by atoms with E-state index in [9.17, 15) is 4.79 Å². The van der Waals surface area contributed by atoms with Crippen LogP contribution in [-0.4, -0.2) is 25.7 Å². The van der Waals surface area contributed by atoms with E-state index in [1.54, 1.807) is 0 Å². The van der Waals surface area contributed by atoms with Crippen molar-refractivity contribution in [2.24, 2.45) is 0 Å². The standard InChI is InChI=1S/C13H13N5OS/c1-7-4-8(2)10(9(3)5-7)15-11(19)12-17-18-6-14-16-13(18)20-12/h4-6H,1-3H3,(H,15,19). The molecule has 0 atom stereocenters. The van der Waals surface area contributed by atoms with E-state index in [1.807, 2.05) is 32.9 Å². The largest absolute Gasteiger partial charge is 0.319 e. The van der Waals surface area contributed by atoms with Crippen LogP contribution < -0.4 is 5.32 Å². The maximum Gasteiger partial charge on any atom is 0.286 e. The van der Waals surface area contributed by atoms with Gasteiger partial charge in [0, 0.05) is 5.69 Å². The van der Waals surface area contributed by atoms with Gasteiger partial charge < -0.3 is 5.32 Å². The van der Waals surface area contributed by atoms with E-state index in [0.29, 0.717) is 9.97 Å². The first-order valence-corrected chi connectivity index (χ1v) is 6.92. The number of hydrogen-bond donors (Lipinski definition) is 1. The van der Waals surface area contributed by atoms with Gasteiger partial charge in [0.25, 0.3) is 5.91 Å². The van der Waals surface area contributed by atoms with E-state index in [1.165, 1.54) is 27.7 Å². The van der Waals surface area contributed by atoms with Crippen LogP contribution in [0.15, 0.2) is 18.5 Å². The van der Waals surface area contributed by atoms with Gasteiger partial charge in [0.05, 0.1) is 0 Å². The summed E-state index contributed by atoms with van der Waals surface area (Å²) in [6, 6.07) is 4.09.